The Morgan fingerprint density at radius 2 is 1.86 bits per heavy atom. The van der Waals surface area contributed by atoms with Crippen molar-refractivity contribution in [3.63, 3.8) is 0 Å². The summed E-state index contributed by atoms with van der Waals surface area (Å²) < 4.78 is 27.2. The van der Waals surface area contributed by atoms with Gasteiger partial charge in [-0.25, -0.2) is 18.6 Å². The molecule has 0 radical (unpaired) electrons. The predicted molar refractivity (Wildman–Crippen MR) is 71.2 cm³/mol. The van der Waals surface area contributed by atoms with Gasteiger partial charge in [0.1, 0.15) is 6.61 Å². The first-order chi connectivity index (χ1) is 9.95. The molecule has 0 bridgehead atoms. The van der Waals surface area contributed by atoms with Gasteiger partial charge in [-0.05, 0) is 23.3 Å². The minimum Gasteiger partial charge on any atom is -0.438 e. The van der Waals surface area contributed by atoms with Crippen molar-refractivity contribution < 1.29 is 22.5 Å². The molecule has 0 atom stereocenters. The second kappa shape index (κ2) is 4.99. The van der Waals surface area contributed by atoms with Crippen LogP contribution in [0, 0.1) is 0 Å². The zero-order valence-corrected chi connectivity index (χ0v) is 11.7. The van der Waals surface area contributed by atoms with Gasteiger partial charge in [0, 0.05) is 0 Å². The topological polar surface area (TPSA) is 103 Å². The third-order valence-corrected chi connectivity index (χ3v) is 3.89. The van der Waals surface area contributed by atoms with Gasteiger partial charge in [-0.3, -0.25) is 9.63 Å². The van der Waals surface area contributed by atoms with Gasteiger partial charge in [0.15, 0.2) is 5.76 Å². The Kier molecular flexibility index (Phi) is 3.28. The van der Waals surface area contributed by atoms with E-state index in [9.17, 15) is 13.2 Å². The van der Waals surface area contributed by atoms with Crippen LogP contribution in [0.5, 0.6) is 0 Å². The Morgan fingerprint density at radius 1 is 1.14 bits per heavy atom. The van der Waals surface area contributed by atoms with Crippen LogP contribution in [-0.2, 0) is 28.0 Å². The van der Waals surface area contributed by atoms with E-state index in [0.717, 1.165) is 22.3 Å². The van der Waals surface area contributed by atoms with Crippen LogP contribution >= 0.6 is 0 Å². The molecule has 3 rings (SSSR count). The van der Waals surface area contributed by atoms with Crippen LogP contribution in [0.25, 0.3) is 0 Å². The Hall–Kier alpha value is -2.16. The fraction of sp³-hybridized carbons (Fsp3) is 0.154. The second-order valence-electron chi connectivity index (χ2n) is 4.55. The van der Waals surface area contributed by atoms with Gasteiger partial charge in [-0.15, -0.1) is 0 Å². The molecule has 0 unspecified atom stereocenters. The molecule has 2 N–H and O–H groups in total. The largest absolute Gasteiger partial charge is 0.438 e. The van der Waals surface area contributed by atoms with Gasteiger partial charge in [-0.1, -0.05) is 24.3 Å². The Morgan fingerprint density at radius 3 is 2.52 bits per heavy atom. The Bertz CT molecular complexity index is 796. The monoisotopic (exact) mass is 308 g/mol. The number of amides is 1. The number of hydrogen-bond acceptors (Lipinski definition) is 5. The smallest absolute Gasteiger partial charge is 0.313 e. The fourth-order valence-corrected chi connectivity index (χ4v) is 2.51. The minimum absolute atomic E-state index is 0.140. The van der Waals surface area contributed by atoms with E-state index < -0.39 is 21.0 Å². The van der Waals surface area contributed by atoms with Crippen molar-refractivity contribution in [2.24, 2.45) is 5.14 Å². The van der Waals surface area contributed by atoms with Crippen molar-refractivity contribution in [3.05, 3.63) is 53.3 Å². The van der Waals surface area contributed by atoms with Gasteiger partial charge >= 0.3 is 5.91 Å². The number of nitrogens with two attached hydrogens (primary N) is 1. The number of rotatable bonds is 2. The molecule has 0 saturated carbocycles. The average molecular weight is 308 g/mol. The molecule has 1 aromatic carbocycles. The van der Waals surface area contributed by atoms with Crippen molar-refractivity contribution in [2.75, 3.05) is 0 Å². The minimum atomic E-state index is -3.97. The van der Waals surface area contributed by atoms with Crippen molar-refractivity contribution in [1.82, 2.24) is 5.06 Å². The lowest BCUT2D eigenvalue weighted by Gasteiger charge is -2.27. The highest BCUT2D eigenvalue weighted by molar-refractivity contribution is 7.89. The Labute approximate surface area is 120 Å². The van der Waals surface area contributed by atoms with Crippen LogP contribution in [0.2, 0.25) is 0 Å². The van der Waals surface area contributed by atoms with E-state index >= 15 is 0 Å². The fourth-order valence-electron chi connectivity index (χ4n) is 2.04. The van der Waals surface area contributed by atoms with Crippen molar-refractivity contribution in [2.45, 2.75) is 18.2 Å². The summed E-state index contributed by atoms with van der Waals surface area (Å²) in [7, 11) is -3.97. The van der Waals surface area contributed by atoms with Crippen molar-refractivity contribution in [3.8, 4) is 0 Å². The van der Waals surface area contributed by atoms with E-state index in [2.05, 4.69) is 0 Å². The van der Waals surface area contributed by atoms with Crippen LogP contribution in [0.3, 0.4) is 0 Å². The number of hydroxylamine groups is 2. The summed E-state index contributed by atoms with van der Waals surface area (Å²) >= 11 is 0. The molecule has 0 saturated heterocycles. The molecule has 8 heteroatoms. The van der Waals surface area contributed by atoms with E-state index in [0.29, 0.717) is 0 Å². The first-order valence-corrected chi connectivity index (χ1v) is 7.64. The van der Waals surface area contributed by atoms with Gasteiger partial charge in [0.25, 0.3) is 10.0 Å². The third kappa shape index (κ3) is 2.68. The number of fused-ring (bicyclic) bond motifs is 1. The van der Waals surface area contributed by atoms with E-state index in [4.69, 9.17) is 14.4 Å². The van der Waals surface area contributed by atoms with Crippen LogP contribution in [0.15, 0.2) is 45.9 Å². The number of benzene rings is 1. The molecule has 0 aliphatic carbocycles. The van der Waals surface area contributed by atoms with E-state index in [1.807, 2.05) is 24.3 Å². The number of hydrogen-bond donors (Lipinski definition) is 1. The number of primary sulfonamides is 1. The molecular formula is C13H12N2O5S. The molecule has 2 heterocycles. The van der Waals surface area contributed by atoms with Crippen molar-refractivity contribution >= 4 is 15.9 Å². The van der Waals surface area contributed by atoms with Crippen molar-refractivity contribution in [1.29, 1.82) is 0 Å². The summed E-state index contributed by atoms with van der Waals surface area (Å²) in [5.74, 6) is -0.696. The lowest BCUT2D eigenvalue weighted by atomic mass is 10.1. The molecular weight excluding hydrogens is 296 g/mol. The lowest BCUT2D eigenvalue weighted by Crippen LogP contribution is -2.33. The molecule has 110 valence electrons. The van der Waals surface area contributed by atoms with E-state index in [-0.39, 0.29) is 18.9 Å². The van der Waals surface area contributed by atoms with E-state index in [1.54, 1.807) is 0 Å². The maximum atomic E-state index is 12.2. The summed E-state index contributed by atoms with van der Waals surface area (Å²) in [4.78, 5) is 17.6. The molecule has 1 aliphatic rings. The lowest BCUT2D eigenvalue weighted by molar-refractivity contribution is -0.151. The number of carbonyl (C=O) groups excluding carboxylic acids is 1. The van der Waals surface area contributed by atoms with Gasteiger partial charge in [0.05, 0.1) is 6.54 Å². The molecule has 0 fully saturated rings. The average Bonchev–Trinajstić information content (AvgIpc) is 2.96. The molecule has 2 aromatic rings. The van der Waals surface area contributed by atoms with Gasteiger partial charge in [-0.2, -0.15) is 0 Å². The zero-order chi connectivity index (χ0) is 15.0. The second-order valence-corrected chi connectivity index (χ2v) is 6.04. The summed E-state index contributed by atoms with van der Waals surface area (Å²) in [6, 6.07) is 9.98. The molecule has 1 aromatic heterocycles. The highest BCUT2D eigenvalue weighted by Gasteiger charge is 2.26. The summed E-state index contributed by atoms with van der Waals surface area (Å²) in [6.45, 7) is 0.533. The van der Waals surface area contributed by atoms with Crippen LogP contribution < -0.4 is 5.14 Å². The molecule has 0 spiro atoms. The molecule has 1 aliphatic heterocycles. The molecule has 21 heavy (non-hydrogen) atoms. The zero-order valence-electron chi connectivity index (χ0n) is 10.9. The maximum Gasteiger partial charge on any atom is 0.313 e. The van der Waals surface area contributed by atoms with Crippen LogP contribution in [-0.4, -0.2) is 19.4 Å². The van der Waals surface area contributed by atoms with Gasteiger partial charge in [0.2, 0.25) is 5.09 Å². The third-order valence-electron chi connectivity index (χ3n) is 3.11. The number of furan rings is 1. The number of carbonyl (C=O) groups is 1. The summed E-state index contributed by atoms with van der Waals surface area (Å²) in [5, 5.41) is 5.61. The van der Waals surface area contributed by atoms with Crippen LogP contribution in [0.4, 0.5) is 0 Å². The Balaban J connectivity index is 1.82. The number of sulfonamides is 1. The van der Waals surface area contributed by atoms with Gasteiger partial charge < -0.3 is 4.42 Å². The normalized spacial score (nSPS) is 14.8. The first kappa shape index (κ1) is 13.8. The predicted octanol–water partition coefficient (Wildman–Crippen LogP) is 1.01. The van der Waals surface area contributed by atoms with E-state index in [1.165, 1.54) is 6.07 Å². The quantitative estimate of drug-likeness (QED) is 0.892. The molecule has 1 amide bonds. The summed E-state index contributed by atoms with van der Waals surface area (Å²) in [6.07, 6.45) is 0. The number of nitrogens with zero attached hydrogens (tertiary/aromatic N) is 1. The highest BCUT2D eigenvalue weighted by Crippen LogP contribution is 2.22. The highest BCUT2D eigenvalue weighted by atomic mass is 32.2. The summed E-state index contributed by atoms with van der Waals surface area (Å²) in [5.41, 5.74) is 1.97. The maximum absolute atomic E-state index is 12.2. The SMILES string of the molecule is NS(=O)(=O)c1ccc(C(=O)N2Cc3ccccc3CO2)o1. The van der Waals surface area contributed by atoms with Crippen LogP contribution in [0.1, 0.15) is 21.7 Å². The first-order valence-electron chi connectivity index (χ1n) is 6.09. The standard InChI is InChI=1S/C13H12N2O5S/c14-21(17,18)12-6-5-11(20-12)13(16)15-7-9-3-1-2-4-10(9)8-19-15/h1-6H,7-8H2,(H2,14,17,18). The molecule has 7 nitrogen and oxygen atoms in total.